The molecule has 1 saturated carbocycles. The van der Waals surface area contributed by atoms with E-state index in [1.54, 1.807) is 0 Å². The molecule has 0 atom stereocenters. The van der Waals surface area contributed by atoms with Crippen molar-refractivity contribution in [1.29, 1.82) is 0 Å². The Kier molecular flexibility index (Phi) is 4.57. The number of nitrogens with zero attached hydrogens (tertiary/aromatic N) is 3. The van der Waals surface area contributed by atoms with Gasteiger partial charge in [-0.1, -0.05) is 25.4 Å². The molecule has 1 aliphatic rings. The van der Waals surface area contributed by atoms with Crippen molar-refractivity contribution < 1.29 is 0 Å². The maximum atomic E-state index is 6.10. The molecule has 1 heterocycles. The van der Waals surface area contributed by atoms with Gasteiger partial charge in [0, 0.05) is 18.7 Å². The van der Waals surface area contributed by atoms with Crippen molar-refractivity contribution >= 4 is 29.0 Å². The number of hydrogen-bond acceptors (Lipinski definition) is 3. The van der Waals surface area contributed by atoms with Gasteiger partial charge in [0.05, 0.1) is 5.88 Å². The summed E-state index contributed by atoms with van der Waals surface area (Å²) in [6.45, 7) is 4.68. The number of hydrogen-bond donors (Lipinski definition) is 0. The molecule has 0 radical (unpaired) electrons. The first-order valence-electron chi connectivity index (χ1n) is 6.73. The van der Waals surface area contributed by atoms with Crippen LogP contribution in [-0.2, 0) is 5.88 Å². The van der Waals surface area contributed by atoms with Gasteiger partial charge in [0.15, 0.2) is 0 Å². The van der Waals surface area contributed by atoms with Crippen LogP contribution in [0.15, 0.2) is 6.33 Å². The standard InChI is InChI=1S/C14H21Cl2N3/c1-14(2)6-4-10(5-7-14)19(3)13-11(8-15)12(16)17-9-18-13/h9-10H,4-8H2,1-3H3. The van der Waals surface area contributed by atoms with Gasteiger partial charge in [-0.25, -0.2) is 9.97 Å². The van der Waals surface area contributed by atoms with E-state index < -0.39 is 0 Å². The Hall–Kier alpha value is -0.540. The van der Waals surface area contributed by atoms with Crippen molar-refractivity contribution in [2.45, 2.75) is 51.5 Å². The van der Waals surface area contributed by atoms with E-state index >= 15 is 0 Å². The fraction of sp³-hybridized carbons (Fsp3) is 0.714. The molecule has 0 saturated heterocycles. The predicted octanol–water partition coefficient (Wildman–Crippen LogP) is 4.27. The fourth-order valence-corrected chi connectivity index (χ4v) is 3.25. The quantitative estimate of drug-likeness (QED) is 0.616. The van der Waals surface area contributed by atoms with E-state index in [1.807, 2.05) is 0 Å². The number of halogens is 2. The Balaban J connectivity index is 2.16. The lowest BCUT2D eigenvalue weighted by Gasteiger charge is -2.39. The van der Waals surface area contributed by atoms with Crippen LogP contribution in [0.2, 0.25) is 5.15 Å². The molecule has 0 aromatic carbocycles. The lowest BCUT2D eigenvalue weighted by Crippen LogP contribution is -2.38. The van der Waals surface area contributed by atoms with Crippen LogP contribution in [0.1, 0.15) is 45.1 Å². The van der Waals surface area contributed by atoms with Crippen molar-refractivity contribution in [2.24, 2.45) is 5.41 Å². The molecule has 1 fully saturated rings. The van der Waals surface area contributed by atoms with Crippen LogP contribution in [0.25, 0.3) is 0 Å². The molecule has 5 heteroatoms. The molecule has 1 aliphatic carbocycles. The topological polar surface area (TPSA) is 29.0 Å². The zero-order valence-electron chi connectivity index (χ0n) is 11.8. The Morgan fingerprint density at radius 3 is 2.53 bits per heavy atom. The van der Waals surface area contributed by atoms with Crippen molar-refractivity contribution in [3.63, 3.8) is 0 Å². The van der Waals surface area contributed by atoms with E-state index in [-0.39, 0.29) is 0 Å². The van der Waals surface area contributed by atoms with E-state index in [0.717, 1.165) is 11.4 Å². The van der Waals surface area contributed by atoms with E-state index in [9.17, 15) is 0 Å². The van der Waals surface area contributed by atoms with E-state index in [0.29, 0.717) is 22.5 Å². The monoisotopic (exact) mass is 301 g/mol. The predicted molar refractivity (Wildman–Crippen MR) is 81.0 cm³/mol. The third-order valence-corrected chi connectivity index (χ3v) is 4.79. The minimum Gasteiger partial charge on any atom is -0.356 e. The van der Waals surface area contributed by atoms with E-state index in [1.165, 1.54) is 32.0 Å². The van der Waals surface area contributed by atoms with Crippen LogP contribution in [0.3, 0.4) is 0 Å². The maximum Gasteiger partial charge on any atom is 0.138 e. The maximum absolute atomic E-state index is 6.10. The molecule has 1 aromatic rings. The van der Waals surface area contributed by atoms with E-state index in [4.69, 9.17) is 23.2 Å². The van der Waals surface area contributed by atoms with Gasteiger partial charge in [-0.05, 0) is 31.1 Å². The molecule has 106 valence electrons. The smallest absolute Gasteiger partial charge is 0.138 e. The van der Waals surface area contributed by atoms with Gasteiger partial charge in [0.2, 0.25) is 0 Å². The largest absolute Gasteiger partial charge is 0.356 e. The molecule has 0 amide bonds. The van der Waals surface area contributed by atoms with Crippen molar-refractivity contribution in [3.8, 4) is 0 Å². The van der Waals surface area contributed by atoms with Crippen LogP contribution in [0.4, 0.5) is 5.82 Å². The van der Waals surface area contributed by atoms with Crippen LogP contribution in [0, 0.1) is 5.41 Å². The number of rotatable bonds is 3. The molecule has 0 aliphatic heterocycles. The summed E-state index contributed by atoms with van der Waals surface area (Å²) in [7, 11) is 2.08. The third-order valence-electron chi connectivity index (χ3n) is 4.19. The molecule has 19 heavy (non-hydrogen) atoms. The first-order chi connectivity index (χ1) is 8.94. The minimum absolute atomic E-state index is 0.345. The van der Waals surface area contributed by atoms with Gasteiger partial charge in [-0.2, -0.15) is 0 Å². The average molecular weight is 302 g/mol. The minimum atomic E-state index is 0.345. The Labute approximate surface area is 125 Å². The summed E-state index contributed by atoms with van der Waals surface area (Å²) in [5.74, 6) is 1.22. The second-order valence-corrected chi connectivity index (χ2v) is 6.73. The van der Waals surface area contributed by atoms with Crippen LogP contribution < -0.4 is 4.90 Å². The zero-order chi connectivity index (χ0) is 14.0. The Morgan fingerprint density at radius 1 is 1.32 bits per heavy atom. The summed E-state index contributed by atoms with van der Waals surface area (Å²) in [5.41, 5.74) is 1.30. The summed E-state index contributed by atoms with van der Waals surface area (Å²) >= 11 is 12.1. The highest BCUT2D eigenvalue weighted by Crippen LogP contribution is 2.38. The second kappa shape index (κ2) is 5.84. The Morgan fingerprint density at radius 2 is 1.95 bits per heavy atom. The molecule has 1 aromatic heterocycles. The van der Waals surface area contributed by atoms with Gasteiger partial charge in [-0.15, -0.1) is 11.6 Å². The highest BCUT2D eigenvalue weighted by Gasteiger charge is 2.30. The first-order valence-corrected chi connectivity index (χ1v) is 7.64. The number of anilines is 1. The molecule has 0 bridgehead atoms. The summed E-state index contributed by atoms with van der Waals surface area (Å²) in [6.07, 6.45) is 6.38. The van der Waals surface area contributed by atoms with Crippen molar-refractivity contribution in [1.82, 2.24) is 9.97 Å². The lowest BCUT2D eigenvalue weighted by atomic mass is 9.75. The first kappa shape index (κ1) is 14.9. The summed E-state index contributed by atoms with van der Waals surface area (Å²) in [5, 5.41) is 0.461. The van der Waals surface area contributed by atoms with Gasteiger partial charge in [0.1, 0.15) is 17.3 Å². The second-order valence-electron chi connectivity index (χ2n) is 6.11. The SMILES string of the molecule is CN(c1ncnc(Cl)c1CCl)C1CCC(C)(C)CC1. The molecule has 0 unspecified atom stereocenters. The van der Waals surface area contributed by atoms with Gasteiger partial charge >= 0.3 is 0 Å². The van der Waals surface area contributed by atoms with Gasteiger partial charge < -0.3 is 4.90 Å². The zero-order valence-corrected chi connectivity index (χ0v) is 13.3. The molecule has 3 nitrogen and oxygen atoms in total. The molecule has 2 rings (SSSR count). The van der Waals surface area contributed by atoms with Crippen molar-refractivity contribution in [2.75, 3.05) is 11.9 Å². The normalized spacial score (nSPS) is 19.4. The summed E-state index contributed by atoms with van der Waals surface area (Å²) < 4.78 is 0. The molecular weight excluding hydrogens is 281 g/mol. The van der Waals surface area contributed by atoms with Crippen LogP contribution in [0.5, 0.6) is 0 Å². The van der Waals surface area contributed by atoms with Crippen molar-refractivity contribution in [3.05, 3.63) is 17.0 Å². The molecular formula is C14H21Cl2N3. The number of alkyl halides is 1. The molecule has 0 spiro atoms. The summed E-state index contributed by atoms with van der Waals surface area (Å²) in [6, 6.07) is 0.515. The highest BCUT2D eigenvalue weighted by atomic mass is 35.5. The fourth-order valence-electron chi connectivity index (χ4n) is 2.75. The summed E-state index contributed by atoms with van der Waals surface area (Å²) in [4.78, 5) is 10.6. The lowest BCUT2D eigenvalue weighted by molar-refractivity contribution is 0.222. The third kappa shape index (κ3) is 3.32. The van der Waals surface area contributed by atoms with Gasteiger partial charge in [-0.3, -0.25) is 0 Å². The highest BCUT2D eigenvalue weighted by molar-refractivity contribution is 6.31. The Bertz CT molecular complexity index is 438. The number of aromatic nitrogens is 2. The average Bonchev–Trinajstić information content (AvgIpc) is 2.37. The molecule has 0 N–H and O–H groups in total. The van der Waals surface area contributed by atoms with Gasteiger partial charge in [0.25, 0.3) is 0 Å². The van der Waals surface area contributed by atoms with Crippen LogP contribution >= 0.6 is 23.2 Å². The van der Waals surface area contributed by atoms with E-state index in [2.05, 4.69) is 35.8 Å². The van der Waals surface area contributed by atoms with Crippen LogP contribution in [-0.4, -0.2) is 23.1 Å².